The Morgan fingerprint density at radius 2 is 2.11 bits per heavy atom. The van der Waals surface area contributed by atoms with Gasteiger partial charge in [0.2, 0.25) is 5.12 Å². The van der Waals surface area contributed by atoms with E-state index in [4.69, 9.17) is 0 Å². The van der Waals surface area contributed by atoms with Crippen LogP contribution in [0.3, 0.4) is 0 Å². The normalized spacial score (nSPS) is 24.9. The van der Waals surface area contributed by atoms with E-state index in [1.54, 1.807) is 23.5 Å². The molecule has 1 unspecified atom stereocenters. The lowest BCUT2D eigenvalue weighted by atomic mass is 10.2. The lowest BCUT2D eigenvalue weighted by Crippen LogP contribution is -2.31. The van der Waals surface area contributed by atoms with E-state index >= 15 is 0 Å². The largest absolute Gasteiger partial charge is 0.420 e. The molecule has 0 aliphatic carbocycles. The minimum Gasteiger partial charge on any atom is -0.282 e. The van der Waals surface area contributed by atoms with Gasteiger partial charge in [-0.15, -0.1) is 11.8 Å². The minimum atomic E-state index is -4.62. The monoisotopic (exact) mass is 316 g/mol. The summed E-state index contributed by atoms with van der Waals surface area (Å²) in [6, 6.07) is 0. The van der Waals surface area contributed by atoms with Gasteiger partial charge in [0.15, 0.2) is 0 Å². The molecule has 1 heterocycles. The quantitative estimate of drug-likeness (QED) is 0.717. The van der Waals surface area contributed by atoms with E-state index in [1.807, 2.05) is 6.26 Å². The topological polar surface area (TPSA) is 17.1 Å². The Hall–Kier alpha value is 0.250. The average Bonchev–Trinajstić information content (AvgIpc) is 2.28. The lowest BCUT2D eigenvalue weighted by molar-refractivity contribution is -0.121. The van der Waals surface area contributed by atoms with E-state index in [9.17, 15) is 18.0 Å². The number of carbonyl (C=O) groups excluding carboxylic acids is 1. The molecule has 1 rings (SSSR count). The molecule has 1 aliphatic heterocycles. The van der Waals surface area contributed by atoms with Crippen molar-refractivity contribution in [3.63, 3.8) is 0 Å². The maximum Gasteiger partial charge on any atom is 0.420 e. The highest BCUT2D eigenvalue weighted by Gasteiger charge is 2.42. The van der Waals surface area contributed by atoms with Gasteiger partial charge < -0.3 is 0 Å². The van der Waals surface area contributed by atoms with Crippen molar-refractivity contribution < 1.29 is 18.0 Å². The molecule has 0 amide bonds. The van der Waals surface area contributed by atoms with Crippen LogP contribution in [-0.4, -0.2) is 33.1 Å². The maximum atomic E-state index is 12.4. The van der Waals surface area contributed by atoms with Crippen molar-refractivity contribution in [2.24, 2.45) is 0 Å². The van der Waals surface area contributed by atoms with Crippen LogP contribution in [0.4, 0.5) is 13.2 Å². The summed E-state index contributed by atoms with van der Waals surface area (Å²) in [6.45, 7) is 2.87. The fraction of sp³-hybridized carbons (Fsp3) is 0.727. The Labute approximate surface area is 118 Å². The van der Waals surface area contributed by atoms with Gasteiger partial charge >= 0.3 is 6.18 Å². The fourth-order valence-corrected chi connectivity index (χ4v) is 6.02. The Bertz CT molecular complexity index is 316. The van der Waals surface area contributed by atoms with Crippen molar-refractivity contribution in [3.8, 4) is 0 Å². The molecule has 0 aromatic heterocycles. The molecule has 0 bridgehead atoms. The Morgan fingerprint density at radius 1 is 1.44 bits per heavy atom. The van der Waals surface area contributed by atoms with Crippen molar-refractivity contribution in [1.29, 1.82) is 0 Å². The van der Waals surface area contributed by atoms with Gasteiger partial charge in [0.05, 0.1) is 4.08 Å². The number of thioether (sulfide) groups is 3. The SMILES string of the molecule is C=C(C(=O)SC1(CSC)CCCCS1)C(F)(F)F. The highest BCUT2D eigenvalue weighted by molar-refractivity contribution is 8.27. The predicted octanol–water partition coefficient (Wildman–Crippen LogP) is 4.34. The summed E-state index contributed by atoms with van der Waals surface area (Å²) in [5.41, 5.74) is -1.25. The van der Waals surface area contributed by atoms with Crippen LogP contribution in [0.1, 0.15) is 19.3 Å². The van der Waals surface area contributed by atoms with E-state index in [1.165, 1.54) is 0 Å². The van der Waals surface area contributed by atoms with Crippen LogP contribution < -0.4 is 0 Å². The minimum absolute atomic E-state index is 0.414. The third kappa shape index (κ3) is 4.42. The summed E-state index contributed by atoms with van der Waals surface area (Å²) in [6.07, 6.45) is 0.0899. The summed E-state index contributed by atoms with van der Waals surface area (Å²) in [5, 5.41) is -0.939. The standard InChI is InChI=1S/C11H15F3OS3/c1-8(11(12,13)14)9(15)18-10(7-16-2)5-3-4-6-17-10/h1,3-7H2,2H3. The third-order valence-electron chi connectivity index (χ3n) is 2.55. The molecule has 104 valence electrons. The zero-order valence-corrected chi connectivity index (χ0v) is 12.5. The molecule has 1 nitrogen and oxygen atoms in total. The van der Waals surface area contributed by atoms with E-state index < -0.39 is 20.9 Å². The molecule has 18 heavy (non-hydrogen) atoms. The summed E-state index contributed by atoms with van der Waals surface area (Å²) in [7, 11) is 0. The second kappa shape index (κ2) is 6.61. The van der Waals surface area contributed by atoms with Crippen molar-refractivity contribution >= 4 is 40.4 Å². The molecule has 1 aliphatic rings. The van der Waals surface area contributed by atoms with Crippen LogP contribution in [0.25, 0.3) is 0 Å². The lowest BCUT2D eigenvalue weighted by Gasteiger charge is -2.35. The Kier molecular flexibility index (Phi) is 5.99. The molecule has 7 heteroatoms. The molecular weight excluding hydrogens is 301 g/mol. The van der Waals surface area contributed by atoms with Gasteiger partial charge in [-0.05, 0) is 24.9 Å². The van der Waals surface area contributed by atoms with E-state index in [2.05, 4.69) is 6.58 Å². The Morgan fingerprint density at radius 3 is 2.56 bits per heavy atom. The van der Waals surface area contributed by atoms with Crippen LogP contribution in [-0.2, 0) is 4.79 Å². The molecule has 1 atom stereocenters. The fourth-order valence-electron chi connectivity index (χ4n) is 1.62. The van der Waals surface area contributed by atoms with Crippen molar-refractivity contribution in [3.05, 3.63) is 12.2 Å². The van der Waals surface area contributed by atoms with Crippen LogP contribution in [0.15, 0.2) is 12.2 Å². The highest BCUT2D eigenvalue weighted by Crippen LogP contribution is 2.48. The summed E-state index contributed by atoms with van der Waals surface area (Å²) >= 11 is 3.98. The van der Waals surface area contributed by atoms with Crippen LogP contribution in [0.2, 0.25) is 0 Å². The van der Waals surface area contributed by atoms with Gasteiger partial charge in [-0.1, -0.05) is 24.8 Å². The average molecular weight is 316 g/mol. The summed E-state index contributed by atoms with van der Waals surface area (Å²) in [5.74, 6) is 1.58. The van der Waals surface area contributed by atoms with Crippen LogP contribution >= 0.6 is 35.3 Å². The zero-order chi connectivity index (χ0) is 13.8. The van der Waals surface area contributed by atoms with Gasteiger partial charge in [0.25, 0.3) is 0 Å². The zero-order valence-electron chi connectivity index (χ0n) is 10.0. The number of hydrogen-bond donors (Lipinski definition) is 0. The molecule has 0 aromatic rings. The van der Waals surface area contributed by atoms with Gasteiger partial charge in [-0.3, -0.25) is 4.79 Å². The number of alkyl halides is 3. The van der Waals surface area contributed by atoms with Crippen molar-refractivity contribution in [2.45, 2.75) is 29.5 Å². The second-order valence-electron chi connectivity index (χ2n) is 4.02. The second-order valence-corrected chi connectivity index (χ2v) is 7.97. The highest BCUT2D eigenvalue weighted by atomic mass is 32.2. The molecule has 0 radical (unpaired) electrons. The first kappa shape index (κ1) is 16.3. The number of halogens is 3. The number of carbonyl (C=O) groups is 1. The number of rotatable bonds is 4. The van der Waals surface area contributed by atoms with Gasteiger partial charge in [-0.25, -0.2) is 0 Å². The molecule has 0 spiro atoms. The van der Waals surface area contributed by atoms with Gasteiger partial charge in [-0.2, -0.15) is 24.9 Å². The first-order valence-corrected chi connectivity index (χ1v) is 8.63. The van der Waals surface area contributed by atoms with E-state index in [-0.39, 0.29) is 0 Å². The molecule has 1 fully saturated rings. The van der Waals surface area contributed by atoms with Gasteiger partial charge in [0.1, 0.15) is 5.57 Å². The smallest absolute Gasteiger partial charge is 0.282 e. The predicted molar refractivity (Wildman–Crippen MR) is 75.2 cm³/mol. The summed E-state index contributed by atoms with van der Waals surface area (Å²) < 4.78 is 36.8. The van der Waals surface area contributed by atoms with Crippen LogP contribution in [0.5, 0.6) is 0 Å². The Balaban J connectivity index is 2.72. The first-order valence-electron chi connectivity index (χ1n) is 5.43. The van der Waals surface area contributed by atoms with Crippen LogP contribution in [0, 0.1) is 0 Å². The van der Waals surface area contributed by atoms with E-state index in [0.29, 0.717) is 5.75 Å². The molecule has 1 saturated heterocycles. The maximum absolute atomic E-state index is 12.4. The molecule has 0 aromatic carbocycles. The van der Waals surface area contributed by atoms with Crippen molar-refractivity contribution in [1.82, 2.24) is 0 Å². The molecule has 0 saturated carbocycles. The number of hydrogen-bond acceptors (Lipinski definition) is 4. The van der Waals surface area contributed by atoms with E-state index in [0.717, 1.165) is 36.8 Å². The van der Waals surface area contributed by atoms with Crippen molar-refractivity contribution in [2.75, 3.05) is 17.8 Å². The molecule has 0 N–H and O–H groups in total. The third-order valence-corrected chi connectivity index (χ3v) is 6.82. The first-order chi connectivity index (χ1) is 8.31. The molecular formula is C11H15F3OS3. The summed E-state index contributed by atoms with van der Waals surface area (Å²) in [4.78, 5) is 11.7. The van der Waals surface area contributed by atoms with Gasteiger partial charge in [0, 0.05) is 5.75 Å².